The first-order valence-electron chi connectivity index (χ1n) is 15.2. The number of amides is 3. The normalized spacial score (nSPS) is 27.0. The molecule has 1 aromatic carbocycles. The van der Waals surface area contributed by atoms with E-state index < -0.39 is 17.4 Å². The lowest BCUT2D eigenvalue weighted by atomic mass is 9.79. The molecule has 4 aliphatic rings. The summed E-state index contributed by atoms with van der Waals surface area (Å²) in [5, 5.41) is 5.95. The molecule has 3 amide bonds. The van der Waals surface area contributed by atoms with Crippen molar-refractivity contribution in [1.29, 1.82) is 0 Å². The molecule has 0 saturated carbocycles. The highest BCUT2D eigenvalue weighted by molar-refractivity contribution is 6.06. The molecule has 1 aliphatic carbocycles. The Morgan fingerprint density at radius 1 is 0.955 bits per heavy atom. The van der Waals surface area contributed by atoms with Gasteiger partial charge >= 0.3 is 0 Å². The van der Waals surface area contributed by atoms with Gasteiger partial charge in [-0.05, 0) is 60.6 Å². The minimum atomic E-state index is -0.810. The van der Waals surface area contributed by atoms with Crippen LogP contribution in [0.3, 0.4) is 0 Å². The quantitative estimate of drug-likeness (QED) is 0.445. The van der Waals surface area contributed by atoms with Crippen LogP contribution >= 0.6 is 0 Å². The molecule has 226 valence electrons. The molecule has 10 nitrogen and oxygen atoms in total. The topological polar surface area (TPSA) is 123 Å². The van der Waals surface area contributed by atoms with Crippen LogP contribution in [0.15, 0.2) is 60.9 Å². The Morgan fingerprint density at radius 3 is 2.64 bits per heavy atom. The summed E-state index contributed by atoms with van der Waals surface area (Å²) < 4.78 is 11.6. The summed E-state index contributed by atoms with van der Waals surface area (Å²) in [6, 6.07) is 13.1. The van der Waals surface area contributed by atoms with Crippen LogP contribution in [0.4, 0.5) is 5.82 Å². The van der Waals surface area contributed by atoms with Gasteiger partial charge in [-0.15, -0.1) is 0 Å². The molecule has 1 saturated heterocycles. The Hall–Kier alpha value is -4.41. The van der Waals surface area contributed by atoms with E-state index in [-0.39, 0.29) is 29.5 Å². The number of rotatable bonds is 1. The monoisotopic (exact) mass is 593 g/mol. The van der Waals surface area contributed by atoms with Crippen LogP contribution in [0.5, 0.6) is 0 Å². The maximum absolute atomic E-state index is 13.8. The number of nitrogens with zero attached hydrogens (tertiary/aromatic N) is 3. The summed E-state index contributed by atoms with van der Waals surface area (Å²) in [4.78, 5) is 51.6. The molecule has 7 bridgehead atoms. The molecule has 10 heteroatoms. The molecule has 7 rings (SSSR count). The van der Waals surface area contributed by atoms with Crippen LogP contribution in [0.25, 0.3) is 6.08 Å². The van der Waals surface area contributed by atoms with E-state index in [9.17, 15) is 14.4 Å². The zero-order chi connectivity index (χ0) is 30.3. The standard InChI is InChI=1S/C34H35N5O5/c1-21-26(23-7-3-2-4-8-23)16-29-32(41)39(21)9-11-44-13-12-43-10-5-6-22-14-27-30(36-19-22)38-33(42)34(27)17-24-15-28(31(40)37-29)35-20-25(24)18-34/h2-8,14-15,19-21,26,29H,9-13,16-18H2,1H3,(H,37,40)(H,36,38,42)/t21?,26?,29?,34-/m0/s1. The van der Waals surface area contributed by atoms with Gasteiger partial charge in [0.15, 0.2) is 0 Å². The van der Waals surface area contributed by atoms with Crippen molar-refractivity contribution in [3.05, 3.63) is 94.4 Å². The minimum absolute atomic E-state index is 0.0344. The minimum Gasteiger partial charge on any atom is -0.377 e. The average Bonchev–Trinajstić information content (AvgIpc) is 3.55. The second-order valence-electron chi connectivity index (χ2n) is 12.0. The van der Waals surface area contributed by atoms with Gasteiger partial charge in [0.25, 0.3) is 5.91 Å². The van der Waals surface area contributed by atoms with Crippen LogP contribution < -0.4 is 10.6 Å². The van der Waals surface area contributed by atoms with Gasteiger partial charge in [0.05, 0.1) is 31.8 Å². The van der Waals surface area contributed by atoms with E-state index in [1.165, 1.54) is 0 Å². The summed E-state index contributed by atoms with van der Waals surface area (Å²) in [5.41, 5.74) is 4.09. The molecule has 2 N–H and O–H groups in total. The predicted molar refractivity (Wildman–Crippen MR) is 163 cm³/mol. The summed E-state index contributed by atoms with van der Waals surface area (Å²) in [7, 11) is 0. The highest BCUT2D eigenvalue weighted by atomic mass is 16.5. The molecule has 2 aromatic heterocycles. The van der Waals surface area contributed by atoms with E-state index in [1.54, 1.807) is 18.5 Å². The first kappa shape index (κ1) is 28.4. The number of carbonyl (C=O) groups is 3. The fourth-order valence-corrected chi connectivity index (χ4v) is 7.09. The van der Waals surface area contributed by atoms with Crippen molar-refractivity contribution in [2.45, 2.75) is 49.6 Å². The molecule has 4 atom stereocenters. The SMILES string of the molecule is CC1C(c2ccccc2)CC2NC(=O)c3cc4c(cn3)C[C@]3(C4)C(=O)Nc4ncc(cc43)C=CCOCCOCCN1C2=O. The fourth-order valence-electron chi connectivity index (χ4n) is 7.09. The summed E-state index contributed by atoms with van der Waals surface area (Å²) in [6.07, 6.45) is 8.67. The summed E-state index contributed by atoms with van der Waals surface area (Å²) in [5.74, 6) is -0.0410. The van der Waals surface area contributed by atoms with Crippen LogP contribution in [-0.4, -0.2) is 77.6 Å². The van der Waals surface area contributed by atoms with Crippen molar-refractivity contribution in [3.8, 4) is 0 Å². The number of piperidine rings is 1. The third-order valence-electron chi connectivity index (χ3n) is 9.44. The fraction of sp³-hybridized carbons (Fsp3) is 0.382. The van der Waals surface area contributed by atoms with E-state index in [1.807, 2.05) is 41.3 Å². The van der Waals surface area contributed by atoms with E-state index in [2.05, 4.69) is 39.7 Å². The van der Waals surface area contributed by atoms with Gasteiger partial charge in [0, 0.05) is 36.5 Å². The summed E-state index contributed by atoms with van der Waals surface area (Å²) >= 11 is 0. The summed E-state index contributed by atoms with van der Waals surface area (Å²) in [6.45, 7) is 4.04. The maximum Gasteiger partial charge on any atom is 0.270 e. The Morgan fingerprint density at radius 2 is 1.77 bits per heavy atom. The van der Waals surface area contributed by atoms with E-state index in [0.717, 1.165) is 27.8 Å². The lowest BCUT2D eigenvalue weighted by Crippen LogP contribution is -2.58. The number of hydrogen-bond donors (Lipinski definition) is 2. The predicted octanol–water partition coefficient (Wildman–Crippen LogP) is 3.03. The molecule has 3 unspecified atom stereocenters. The van der Waals surface area contributed by atoms with Crippen molar-refractivity contribution in [2.75, 3.05) is 38.3 Å². The van der Waals surface area contributed by atoms with Crippen LogP contribution in [-0.2, 0) is 37.3 Å². The number of carbonyl (C=O) groups excluding carboxylic acids is 3. The highest BCUT2D eigenvalue weighted by Gasteiger charge is 2.51. The number of anilines is 1. The zero-order valence-corrected chi connectivity index (χ0v) is 24.6. The third kappa shape index (κ3) is 5.07. The van der Waals surface area contributed by atoms with Gasteiger partial charge < -0.3 is 25.0 Å². The largest absolute Gasteiger partial charge is 0.377 e. The van der Waals surface area contributed by atoms with Crippen molar-refractivity contribution in [2.24, 2.45) is 0 Å². The Bertz CT molecular complexity index is 1640. The van der Waals surface area contributed by atoms with Gasteiger partial charge in [0.2, 0.25) is 11.8 Å². The first-order chi connectivity index (χ1) is 21.4. The Labute approximate surface area is 255 Å². The Balaban J connectivity index is 1.21. The number of ether oxygens (including phenoxy) is 2. The van der Waals surface area contributed by atoms with E-state index in [4.69, 9.17) is 9.47 Å². The zero-order valence-electron chi connectivity index (χ0n) is 24.6. The van der Waals surface area contributed by atoms with Crippen LogP contribution in [0.2, 0.25) is 0 Å². The number of benzene rings is 1. The third-order valence-corrected chi connectivity index (χ3v) is 9.44. The van der Waals surface area contributed by atoms with Gasteiger partial charge in [-0.2, -0.15) is 0 Å². The van der Waals surface area contributed by atoms with E-state index >= 15 is 0 Å². The number of aromatic nitrogens is 2. The molecule has 5 heterocycles. The van der Waals surface area contributed by atoms with Crippen molar-refractivity contribution in [1.82, 2.24) is 20.2 Å². The Kier molecular flexibility index (Phi) is 7.47. The molecule has 3 aromatic rings. The van der Waals surface area contributed by atoms with E-state index in [0.29, 0.717) is 58.1 Å². The lowest BCUT2D eigenvalue weighted by Gasteiger charge is -2.43. The molecule has 0 radical (unpaired) electrons. The lowest BCUT2D eigenvalue weighted by molar-refractivity contribution is -0.140. The maximum atomic E-state index is 13.8. The number of pyridine rings is 2. The van der Waals surface area contributed by atoms with Crippen LogP contribution in [0.1, 0.15) is 57.6 Å². The second-order valence-corrected chi connectivity index (χ2v) is 12.0. The van der Waals surface area contributed by atoms with Gasteiger partial charge in [-0.1, -0.05) is 42.5 Å². The van der Waals surface area contributed by atoms with Crippen molar-refractivity contribution >= 4 is 29.6 Å². The van der Waals surface area contributed by atoms with Gasteiger partial charge in [-0.25, -0.2) is 4.98 Å². The molecule has 1 fully saturated rings. The first-order valence-corrected chi connectivity index (χ1v) is 15.2. The van der Waals surface area contributed by atoms with Gasteiger partial charge in [0.1, 0.15) is 17.6 Å². The molecular weight excluding hydrogens is 558 g/mol. The molecule has 44 heavy (non-hydrogen) atoms. The average molecular weight is 594 g/mol. The molecule has 1 spiro atoms. The van der Waals surface area contributed by atoms with Crippen molar-refractivity contribution < 1.29 is 23.9 Å². The number of hydrogen-bond acceptors (Lipinski definition) is 7. The van der Waals surface area contributed by atoms with Crippen LogP contribution in [0, 0.1) is 0 Å². The molecule has 3 aliphatic heterocycles. The van der Waals surface area contributed by atoms with Gasteiger partial charge in [-0.3, -0.25) is 19.4 Å². The molecular formula is C34H35N5O5. The van der Waals surface area contributed by atoms with Crippen molar-refractivity contribution in [3.63, 3.8) is 0 Å². The second kappa shape index (κ2) is 11.6. The smallest absolute Gasteiger partial charge is 0.270 e. The number of nitrogens with one attached hydrogen (secondary N) is 2. The number of fused-ring (bicyclic) bond motifs is 4. The highest BCUT2D eigenvalue weighted by Crippen LogP contribution is 2.47.